The highest BCUT2D eigenvalue weighted by atomic mass is 19.1. The van der Waals surface area contributed by atoms with Crippen LogP contribution in [0.5, 0.6) is 5.75 Å². The predicted octanol–water partition coefficient (Wildman–Crippen LogP) is 4.17. The third kappa shape index (κ3) is 4.42. The number of piperidine rings is 1. The van der Waals surface area contributed by atoms with Crippen molar-refractivity contribution in [2.75, 3.05) is 18.5 Å². The lowest BCUT2D eigenvalue weighted by molar-refractivity contribution is -0.116. The molecular weight excluding hydrogens is 371 g/mol. The molecule has 2 aliphatic rings. The topological polar surface area (TPSA) is 58.6 Å². The van der Waals surface area contributed by atoms with E-state index in [2.05, 4.69) is 5.32 Å². The van der Waals surface area contributed by atoms with Crippen molar-refractivity contribution in [2.45, 2.75) is 44.6 Å². The van der Waals surface area contributed by atoms with Gasteiger partial charge in [0.05, 0.1) is 12.2 Å². The van der Waals surface area contributed by atoms with Crippen molar-refractivity contribution in [2.24, 2.45) is 0 Å². The summed E-state index contributed by atoms with van der Waals surface area (Å²) < 4.78 is 19.5. The lowest BCUT2D eigenvalue weighted by atomic mass is 9.97. The maximum atomic E-state index is 13.7. The second-order valence-electron chi connectivity index (χ2n) is 7.64. The zero-order valence-electron chi connectivity index (χ0n) is 16.3. The highest BCUT2D eigenvalue weighted by Gasteiger charge is 2.31. The van der Waals surface area contributed by atoms with Gasteiger partial charge in [0.1, 0.15) is 11.6 Å². The largest absolute Gasteiger partial charge is 0.493 e. The van der Waals surface area contributed by atoms with Gasteiger partial charge in [-0.15, -0.1) is 0 Å². The molecular formula is C23H25FN2O3. The number of benzene rings is 2. The van der Waals surface area contributed by atoms with Crippen molar-refractivity contribution in [1.29, 1.82) is 0 Å². The minimum atomic E-state index is -0.305. The number of amides is 2. The van der Waals surface area contributed by atoms with Crippen LogP contribution in [-0.2, 0) is 11.2 Å². The number of hydrogen-bond acceptors (Lipinski definition) is 3. The van der Waals surface area contributed by atoms with Gasteiger partial charge in [0.15, 0.2) is 0 Å². The molecule has 0 bridgehead atoms. The second kappa shape index (κ2) is 8.64. The molecule has 2 aromatic carbocycles. The number of halogens is 1. The molecule has 0 spiro atoms. The average Bonchev–Trinajstić information content (AvgIpc) is 2.73. The lowest BCUT2D eigenvalue weighted by Crippen LogP contribution is -2.45. The van der Waals surface area contributed by atoms with Gasteiger partial charge >= 0.3 is 0 Å². The summed E-state index contributed by atoms with van der Waals surface area (Å²) in [5.74, 6) is -0.00118. The van der Waals surface area contributed by atoms with Crippen molar-refractivity contribution < 1.29 is 18.7 Å². The van der Waals surface area contributed by atoms with Crippen molar-refractivity contribution in [3.8, 4) is 5.75 Å². The van der Waals surface area contributed by atoms with Crippen molar-refractivity contribution in [1.82, 2.24) is 4.90 Å². The summed E-state index contributed by atoms with van der Waals surface area (Å²) in [4.78, 5) is 27.4. The van der Waals surface area contributed by atoms with E-state index >= 15 is 0 Å². The summed E-state index contributed by atoms with van der Waals surface area (Å²) in [7, 11) is 0. The third-order valence-corrected chi connectivity index (χ3v) is 5.67. The van der Waals surface area contributed by atoms with Crippen LogP contribution in [0.2, 0.25) is 0 Å². The summed E-state index contributed by atoms with van der Waals surface area (Å²) in [6.45, 7) is 1.35. The van der Waals surface area contributed by atoms with Gasteiger partial charge in [0.25, 0.3) is 5.91 Å². The minimum absolute atomic E-state index is 0.0353. The molecule has 2 aromatic rings. The van der Waals surface area contributed by atoms with E-state index in [-0.39, 0.29) is 30.1 Å². The Balaban J connectivity index is 1.46. The molecule has 0 aromatic heterocycles. The maximum Gasteiger partial charge on any atom is 0.257 e. The van der Waals surface area contributed by atoms with Crippen LogP contribution in [-0.4, -0.2) is 35.9 Å². The Bertz CT molecular complexity index is 915. The molecule has 29 heavy (non-hydrogen) atoms. The molecule has 2 aliphatic heterocycles. The van der Waals surface area contributed by atoms with E-state index in [4.69, 9.17) is 4.74 Å². The van der Waals surface area contributed by atoms with E-state index in [0.29, 0.717) is 35.6 Å². The standard InChI is InChI=1S/C23H25FN2O3/c24-20-7-2-1-5-16(20)8-11-22(27)25-17-9-10-21-19(15-17)23(28)26-13-4-3-6-18(26)12-14-29-21/h1-2,5,7,9-10,15,18H,3-4,6,8,11-14H2,(H,25,27)/t18-/m0/s1. The SMILES string of the molecule is O=C(CCc1ccccc1F)Nc1ccc2c(c1)C(=O)N1CCCC[C@H]1CCO2. The van der Waals surface area contributed by atoms with Gasteiger partial charge in [-0.3, -0.25) is 9.59 Å². The molecule has 5 nitrogen and oxygen atoms in total. The molecule has 152 valence electrons. The van der Waals surface area contributed by atoms with Gasteiger partial charge < -0.3 is 15.0 Å². The number of ether oxygens (including phenoxy) is 1. The number of nitrogens with zero attached hydrogens (tertiary/aromatic N) is 1. The van der Waals surface area contributed by atoms with Crippen LogP contribution in [0.25, 0.3) is 0 Å². The Labute approximate surface area is 169 Å². The van der Waals surface area contributed by atoms with E-state index in [1.807, 2.05) is 4.90 Å². The Morgan fingerprint density at radius 1 is 1.17 bits per heavy atom. The Hall–Kier alpha value is -2.89. The summed E-state index contributed by atoms with van der Waals surface area (Å²) in [5.41, 5.74) is 1.55. The number of aryl methyl sites for hydroxylation is 1. The summed E-state index contributed by atoms with van der Waals surface area (Å²) in [6.07, 6.45) is 4.50. The van der Waals surface area contributed by atoms with E-state index in [1.54, 1.807) is 36.4 Å². The molecule has 1 N–H and O–H groups in total. The Kier molecular flexibility index (Phi) is 5.79. The van der Waals surface area contributed by atoms with E-state index < -0.39 is 0 Å². The van der Waals surface area contributed by atoms with Crippen LogP contribution >= 0.6 is 0 Å². The molecule has 2 amide bonds. The zero-order chi connectivity index (χ0) is 20.2. The number of carbonyl (C=O) groups is 2. The first-order valence-electron chi connectivity index (χ1n) is 10.2. The minimum Gasteiger partial charge on any atom is -0.493 e. The summed E-state index contributed by atoms with van der Waals surface area (Å²) >= 11 is 0. The Morgan fingerprint density at radius 2 is 2.03 bits per heavy atom. The van der Waals surface area contributed by atoms with Crippen LogP contribution in [0.3, 0.4) is 0 Å². The lowest BCUT2D eigenvalue weighted by Gasteiger charge is -2.37. The number of anilines is 1. The monoisotopic (exact) mass is 396 g/mol. The smallest absolute Gasteiger partial charge is 0.257 e. The van der Waals surface area contributed by atoms with Gasteiger partial charge in [-0.05, 0) is 55.5 Å². The first-order chi connectivity index (χ1) is 14.1. The molecule has 1 fully saturated rings. The number of fused-ring (bicyclic) bond motifs is 2. The molecule has 1 saturated heterocycles. The first-order valence-corrected chi connectivity index (χ1v) is 10.2. The summed E-state index contributed by atoms with van der Waals surface area (Å²) in [6, 6.07) is 11.8. The van der Waals surface area contributed by atoms with Crippen LogP contribution in [0.1, 0.15) is 48.0 Å². The third-order valence-electron chi connectivity index (χ3n) is 5.67. The molecule has 6 heteroatoms. The Morgan fingerprint density at radius 3 is 2.90 bits per heavy atom. The predicted molar refractivity (Wildman–Crippen MR) is 109 cm³/mol. The highest BCUT2D eigenvalue weighted by Crippen LogP contribution is 2.31. The van der Waals surface area contributed by atoms with Crippen LogP contribution in [0, 0.1) is 5.82 Å². The van der Waals surface area contributed by atoms with E-state index in [1.165, 1.54) is 6.07 Å². The van der Waals surface area contributed by atoms with Gasteiger partial charge in [0, 0.05) is 31.1 Å². The molecule has 0 saturated carbocycles. The van der Waals surface area contributed by atoms with Crippen LogP contribution in [0.4, 0.5) is 10.1 Å². The fraction of sp³-hybridized carbons (Fsp3) is 0.391. The van der Waals surface area contributed by atoms with Crippen molar-refractivity contribution in [3.63, 3.8) is 0 Å². The first kappa shape index (κ1) is 19.4. The molecule has 0 unspecified atom stereocenters. The second-order valence-corrected chi connectivity index (χ2v) is 7.64. The number of rotatable bonds is 4. The normalized spacial score (nSPS) is 18.7. The number of nitrogens with one attached hydrogen (secondary N) is 1. The average molecular weight is 396 g/mol. The van der Waals surface area contributed by atoms with Crippen molar-refractivity contribution >= 4 is 17.5 Å². The zero-order valence-corrected chi connectivity index (χ0v) is 16.3. The van der Waals surface area contributed by atoms with Crippen molar-refractivity contribution in [3.05, 3.63) is 59.4 Å². The van der Waals surface area contributed by atoms with Gasteiger partial charge in [0.2, 0.25) is 5.91 Å². The molecule has 4 rings (SSSR count). The highest BCUT2D eigenvalue weighted by molar-refractivity contribution is 5.99. The molecule has 0 radical (unpaired) electrons. The quantitative estimate of drug-likeness (QED) is 0.844. The fourth-order valence-electron chi connectivity index (χ4n) is 4.10. The number of carbonyl (C=O) groups excluding carboxylic acids is 2. The fourth-order valence-corrected chi connectivity index (χ4v) is 4.10. The van der Waals surface area contributed by atoms with Gasteiger partial charge in [-0.25, -0.2) is 4.39 Å². The van der Waals surface area contributed by atoms with E-state index in [0.717, 1.165) is 32.2 Å². The molecule has 2 heterocycles. The number of hydrogen-bond donors (Lipinski definition) is 1. The van der Waals surface area contributed by atoms with Crippen LogP contribution in [0.15, 0.2) is 42.5 Å². The van der Waals surface area contributed by atoms with E-state index in [9.17, 15) is 14.0 Å². The maximum absolute atomic E-state index is 13.7. The molecule has 1 atom stereocenters. The van der Waals surface area contributed by atoms with Crippen LogP contribution < -0.4 is 10.1 Å². The van der Waals surface area contributed by atoms with Gasteiger partial charge in [-0.2, -0.15) is 0 Å². The van der Waals surface area contributed by atoms with Gasteiger partial charge in [-0.1, -0.05) is 18.2 Å². The molecule has 0 aliphatic carbocycles. The summed E-state index contributed by atoms with van der Waals surface area (Å²) in [5, 5.41) is 2.82.